The first kappa shape index (κ1) is 21.5. The van der Waals surface area contributed by atoms with Crippen LogP contribution in [0.2, 0.25) is 5.02 Å². The number of hydrogen-bond acceptors (Lipinski definition) is 2. The molecule has 0 heterocycles. The highest BCUT2D eigenvalue weighted by atomic mass is 35.5. The second kappa shape index (κ2) is 10.00. The van der Waals surface area contributed by atoms with Crippen LogP contribution < -0.4 is 5.32 Å². The van der Waals surface area contributed by atoms with Crippen molar-refractivity contribution in [1.82, 2.24) is 5.32 Å². The number of nitrogens with one attached hydrogen (secondary N) is 1. The van der Waals surface area contributed by atoms with Crippen LogP contribution in [0.5, 0.6) is 0 Å². The third kappa shape index (κ3) is 5.88. The number of benzene rings is 3. The number of aryl methyl sites for hydroxylation is 2. The van der Waals surface area contributed by atoms with Crippen LogP contribution in [-0.2, 0) is 5.75 Å². The molecule has 0 aromatic heterocycles. The number of carbonyl (C=O) groups excluding carboxylic acids is 1. The topological polar surface area (TPSA) is 29.1 Å². The lowest BCUT2D eigenvalue weighted by Crippen LogP contribution is -2.28. The fourth-order valence-electron chi connectivity index (χ4n) is 3.31. The van der Waals surface area contributed by atoms with Crippen LogP contribution in [0, 0.1) is 13.8 Å². The van der Waals surface area contributed by atoms with Crippen molar-refractivity contribution in [2.45, 2.75) is 43.9 Å². The van der Waals surface area contributed by atoms with E-state index in [4.69, 9.17) is 11.6 Å². The Bertz CT molecular complexity index is 967. The predicted molar refractivity (Wildman–Crippen MR) is 124 cm³/mol. The molecule has 1 amide bonds. The van der Waals surface area contributed by atoms with Crippen LogP contribution in [0.1, 0.15) is 52.0 Å². The molecule has 0 aliphatic carbocycles. The fraction of sp³-hybridized carbons (Fsp3) is 0.240. The zero-order chi connectivity index (χ0) is 20.8. The van der Waals surface area contributed by atoms with Gasteiger partial charge < -0.3 is 5.32 Å². The molecule has 0 aliphatic heterocycles. The minimum atomic E-state index is -0.0336. The Kier molecular flexibility index (Phi) is 7.40. The zero-order valence-corrected chi connectivity index (χ0v) is 18.6. The van der Waals surface area contributed by atoms with E-state index in [1.54, 1.807) is 11.8 Å². The molecule has 0 aliphatic rings. The summed E-state index contributed by atoms with van der Waals surface area (Å²) in [7, 11) is 0. The number of amides is 1. The summed E-state index contributed by atoms with van der Waals surface area (Å²) in [5, 5.41) is 3.93. The average molecular weight is 424 g/mol. The molecule has 0 bridgehead atoms. The second-order valence-corrected chi connectivity index (χ2v) is 8.72. The van der Waals surface area contributed by atoms with Crippen LogP contribution >= 0.6 is 23.4 Å². The quantitative estimate of drug-likeness (QED) is 0.409. The van der Waals surface area contributed by atoms with Crippen molar-refractivity contribution in [2.75, 3.05) is 0 Å². The van der Waals surface area contributed by atoms with Crippen molar-refractivity contribution in [3.05, 3.63) is 99.6 Å². The smallest absolute Gasteiger partial charge is 0.251 e. The van der Waals surface area contributed by atoms with Crippen LogP contribution in [0.25, 0.3) is 0 Å². The summed E-state index contributed by atoms with van der Waals surface area (Å²) < 4.78 is 0. The van der Waals surface area contributed by atoms with Crippen molar-refractivity contribution < 1.29 is 4.79 Å². The molecular weight excluding hydrogens is 398 g/mol. The van der Waals surface area contributed by atoms with Crippen molar-refractivity contribution in [3.8, 4) is 0 Å². The van der Waals surface area contributed by atoms with Gasteiger partial charge in [-0.15, -0.1) is 11.8 Å². The fourth-order valence-corrected chi connectivity index (χ4v) is 4.29. The number of rotatable bonds is 7. The van der Waals surface area contributed by atoms with Gasteiger partial charge in [-0.1, -0.05) is 54.4 Å². The van der Waals surface area contributed by atoms with Gasteiger partial charge in [-0.25, -0.2) is 0 Å². The van der Waals surface area contributed by atoms with Gasteiger partial charge in [0.1, 0.15) is 0 Å². The van der Waals surface area contributed by atoms with Crippen molar-refractivity contribution in [1.29, 1.82) is 0 Å². The van der Waals surface area contributed by atoms with Gasteiger partial charge in [-0.05, 0) is 73.4 Å². The van der Waals surface area contributed by atoms with E-state index in [0.717, 1.165) is 17.2 Å². The lowest BCUT2D eigenvalue weighted by Gasteiger charge is -2.20. The molecule has 0 saturated carbocycles. The average Bonchev–Trinajstić information content (AvgIpc) is 2.72. The first-order valence-corrected chi connectivity index (χ1v) is 11.2. The monoisotopic (exact) mass is 423 g/mol. The molecule has 3 aromatic carbocycles. The Balaban J connectivity index is 1.62. The molecular formula is C25H26ClNOS. The molecule has 3 aromatic rings. The Morgan fingerprint density at radius 1 is 1.00 bits per heavy atom. The van der Waals surface area contributed by atoms with Gasteiger partial charge >= 0.3 is 0 Å². The van der Waals surface area contributed by atoms with Crippen LogP contribution in [0.15, 0.2) is 71.6 Å². The molecule has 0 unspecified atom stereocenters. The first-order valence-electron chi connectivity index (χ1n) is 9.81. The van der Waals surface area contributed by atoms with E-state index < -0.39 is 0 Å². The van der Waals surface area contributed by atoms with E-state index in [2.05, 4.69) is 44.3 Å². The molecule has 0 fully saturated rings. The van der Waals surface area contributed by atoms with E-state index >= 15 is 0 Å². The molecule has 3 rings (SSSR count). The summed E-state index contributed by atoms with van der Waals surface area (Å²) in [5.74, 6) is 0.817. The highest BCUT2D eigenvalue weighted by molar-refractivity contribution is 7.98. The maximum absolute atomic E-state index is 12.8. The normalized spacial score (nSPS) is 11.9. The Labute approximate surface area is 182 Å². The van der Waals surface area contributed by atoms with Gasteiger partial charge in [-0.3, -0.25) is 4.79 Å². The standard InChI is InChI=1S/C25H26ClNOS/c1-4-24(23-14-5-17(2)15-18(23)3)27-25(28)20-8-6-19(7-9-20)16-29-22-12-10-21(26)11-13-22/h5-15,24H,4,16H2,1-3H3,(H,27,28)/t24-/m0/s1. The maximum atomic E-state index is 12.8. The summed E-state index contributed by atoms with van der Waals surface area (Å²) in [5.41, 5.74) is 5.50. The van der Waals surface area contributed by atoms with Gasteiger partial charge in [0.15, 0.2) is 0 Å². The number of thioether (sulfide) groups is 1. The second-order valence-electron chi connectivity index (χ2n) is 7.23. The minimum Gasteiger partial charge on any atom is -0.345 e. The molecule has 29 heavy (non-hydrogen) atoms. The Morgan fingerprint density at radius 3 is 2.31 bits per heavy atom. The van der Waals surface area contributed by atoms with Crippen molar-refractivity contribution in [2.24, 2.45) is 0 Å². The Hall–Kier alpha value is -2.23. The number of halogens is 1. The van der Waals surface area contributed by atoms with Gasteiger partial charge in [0.2, 0.25) is 0 Å². The third-order valence-corrected chi connectivity index (χ3v) is 6.28. The summed E-state index contributed by atoms with van der Waals surface area (Å²) in [6.07, 6.45) is 0.853. The highest BCUT2D eigenvalue weighted by Crippen LogP contribution is 2.25. The van der Waals surface area contributed by atoms with Crippen LogP contribution in [0.4, 0.5) is 0 Å². The molecule has 2 nitrogen and oxygen atoms in total. The first-order chi connectivity index (χ1) is 14.0. The largest absolute Gasteiger partial charge is 0.345 e. The van der Waals surface area contributed by atoms with Crippen molar-refractivity contribution in [3.63, 3.8) is 0 Å². The van der Waals surface area contributed by atoms with Crippen molar-refractivity contribution >= 4 is 29.3 Å². The lowest BCUT2D eigenvalue weighted by molar-refractivity contribution is 0.0935. The van der Waals surface area contributed by atoms with E-state index in [0.29, 0.717) is 5.56 Å². The lowest BCUT2D eigenvalue weighted by atomic mass is 9.97. The molecule has 150 valence electrons. The SMILES string of the molecule is CC[C@H](NC(=O)c1ccc(CSc2ccc(Cl)cc2)cc1)c1ccc(C)cc1C. The number of hydrogen-bond donors (Lipinski definition) is 1. The number of carbonyl (C=O) groups is 1. The zero-order valence-electron chi connectivity index (χ0n) is 17.0. The van der Waals surface area contributed by atoms with E-state index in [-0.39, 0.29) is 11.9 Å². The van der Waals surface area contributed by atoms with E-state index in [1.165, 1.54) is 27.1 Å². The van der Waals surface area contributed by atoms with Crippen LogP contribution in [0.3, 0.4) is 0 Å². The molecule has 1 atom stereocenters. The summed E-state index contributed by atoms with van der Waals surface area (Å²) in [4.78, 5) is 13.9. The molecule has 0 saturated heterocycles. The van der Waals surface area contributed by atoms with Gasteiger partial charge in [0.25, 0.3) is 5.91 Å². The summed E-state index contributed by atoms with van der Waals surface area (Å²) in [6.45, 7) is 6.29. The Morgan fingerprint density at radius 2 is 1.69 bits per heavy atom. The van der Waals surface area contributed by atoms with E-state index in [9.17, 15) is 4.79 Å². The van der Waals surface area contributed by atoms with E-state index in [1.807, 2.05) is 48.5 Å². The third-order valence-electron chi connectivity index (χ3n) is 4.95. The van der Waals surface area contributed by atoms with Gasteiger partial charge in [0.05, 0.1) is 6.04 Å². The van der Waals surface area contributed by atoms with Crippen LogP contribution in [-0.4, -0.2) is 5.91 Å². The van der Waals surface area contributed by atoms with Gasteiger partial charge in [-0.2, -0.15) is 0 Å². The highest BCUT2D eigenvalue weighted by Gasteiger charge is 2.16. The maximum Gasteiger partial charge on any atom is 0.251 e. The molecule has 1 N–H and O–H groups in total. The molecule has 4 heteroatoms. The minimum absolute atomic E-state index is 0.0169. The molecule has 0 spiro atoms. The molecule has 0 radical (unpaired) electrons. The summed E-state index contributed by atoms with van der Waals surface area (Å²) >= 11 is 7.68. The predicted octanol–water partition coefficient (Wildman–Crippen LogP) is 7.13. The van der Waals surface area contributed by atoms with Gasteiger partial charge in [0, 0.05) is 21.2 Å². The summed E-state index contributed by atoms with van der Waals surface area (Å²) in [6, 6.07) is 22.1.